The summed E-state index contributed by atoms with van der Waals surface area (Å²) in [5.74, 6) is 1.29. The highest BCUT2D eigenvalue weighted by Crippen LogP contribution is 2.30. The summed E-state index contributed by atoms with van der Waals surface area (Å²) in [6.07, 6.45) is 12.6. The van der Waals surface area contributed by atoms with Crippen LogP contribution in [0.15, 0.2) is 34.7 Å². The number of para-hydroxylation sites is 1. The Morgan fingerprint density at radius 1 is 1.15 bits per heavy atom. The number of aromatic hydroxyl groups is 1. The maximum atomic E-state index is 10.9. The molecule has 0 atom stereocenters. The van der Waals surface area contributed by atoms with Crippen molar-refractivity contribution in [1.82, 2.24) is 15.2 Å². The summed E-state index contributed by atoms with van der Waals surface area (Å²) < 4.78 is 10.2. The molecule has 1 aromatic carbocycles. The monoisotopic (exact) mass is 461 g/mol. The average molecular weight is 462 g/mol. The number of hydrogen-bond donors (Lipinski definition) is 3. The lowest BCUT2D eigenvalue weighted by atomic mass is 10.2. The normalized spacial score (nSPS) is 9.82. The third-order valence-electron chi connectivity index (χ3n) is 3.13. The zero-order valence-electron chi connectivity index (χ0n) is 20.9. The van der Waals surface area contributed by atoms with Crippen molar-refractivity contribution in [1.29, 1.82) is 0 Å². The molecule has 0 aliphatic rings. The van der Waals surface area contributed by atoms with Crippen LogP contribution in [-0.4, -0.2) is 60.9 Å². The summed E-state index contributed by atoms with van der Waals surface area (Å²) in [4.78, 5) is 12.9. The predicted molar refractivity (Wildman–Crippen MR) is 135 cm³/mol. The first kappa shape index (κ1) is 31.7. The van der Waals surface area contributed by atoms with Crippen molar-refractivity contribution < 1.29 is 19.3 Å². The number of nitrogens with one attached hydrogen (secondary N) is 2. The van der Waals surface area contributed by atoms with Gasteiger partial charge in [-0.05, 0) is 63.0 Å². The van der Waals surface area contributed by atoms with Gasteiger partial charge in [0.2, 0.25) is 11.6 Å². The number of benzene rings is 1. The van der Waals surface area contributed by atoms with Gasteiger partial charge in [0.05, 0.1) is 24.4 Å². The summed E-state index contributed by atoms with van der Waals surface area (Å²) in [5.41, 5.74) is 0.503. The van der Waals surface area contributed by atoms with Crippen molar-refractivity contribution in [3.8, 4) is 18.6 Å². The number of nitrogens with zero attached hydrogens (tertiary/aromatic N) is 3. The number of phenols is 1. The van der Waals surface area contributed by atoms with Crippen LogP contribution in [0.1, 0.15) is 50.9 Å². The van der Waals surface area contributed by atoms with Crippen LogP contribution < -0.4 is 10.6 Å². The second kappa shape index (κ2) is 20.4. The van der Waals surface area contributed by atoms with Gasteiger partial charge >= 0.3 is 0 Å². The van der Waals surface area contributed by atoms with E-state index in [0.29, 0.717) is 36.8 Å². The summed E-state index contributed by atoms with van der Waals surface area (Å²) in [7, 11) is 6.00. The molecule has 0 fully saturated rings. The molecular formula is C24H39N5O4. The van der Waals surface area contributed by atoms with Crippen LogP contribution in [0.25, 0.3) is 0 Å². The van der Waals surface area contributed by atoms with Crippen LogP contribution in [0.3, 0.4) is 0 Å². The molecule has 33 heavy (non-hydrogen) atoms. The lowest BCUT2D eigenvalue weighted by molar-refractivity contribution is 0.112. The van der Waals surface area contributed by atoms with Crippen molar-refractivity contribution in [3.05, 3.63) is 35.6 Å². The molecule has 1 aromatic heterocycles. The van der Waals surface area contributed by atoms with Gasteiger partial charge in [0, 0.05) is 0 Å². The maximum Gasteiger partial charge on any atom is 0.219 e. The van der Waals surface area contributed by atoms with E-state index in [1.165, 1.54) is 12.5 Å². The fourth-order valence-corrected chi connectivity index (χ4v) is 2.04. The first-order valence-electron chi connectivity index (χ1n) is 10.7. The summed E-state index contributed by atoms with van der Waals surface area (Å²) >= 11 is 0. The molecule has 9 heteroatoms. The third-order valence-corrected chi connectivity index (χ3v) is 3.13. The number of allylic oxidation sites excluding steroid dienone is 1. The minimum Gasteiger partial charge on any atom is -0.505 e. The molecule has 0 bridgehead atoms. The van der Waals surface area contributed by atoms with E-state index in [2.05, 4.69) is 47.6 Å². The number of hydrogen-bond acceptors (Lipinski definition) is 9. The highest BCUT2D eigenvalue weighted by Gasteiger charge is 2.14. The molecular weight excluding hydrogens is 422 g/mol. The Labute approximate surface area is 198 Å². The topological polar surface area (TPSA) is 113 Å². The Bertz CT molecular complexity index is 813. The maximum absolute atomic E-state index is 10.9. The second-order valence-corrected chi connectivity index (χ2v) is 6.86. The number of aromatic nitrogens is 2. The Balaban J connectivity index is 0. The van der Waals surface area contributed by atoms with Crippen molar-refractivity contribution in [2.24, 2.45) is 0 Å². The van der Waals surface area contributed by atoms with E-state index in [0.717, 1.165) is 12.2 Å². The van der Waals surface area contributed by atoms with Crippen molar-refractivity contribution in [3.63, 3.8) is 0 Å². The number of ether oxygens (including phenoxy) is 1. The molecule has 0 amide bonds. The van der Waals surface area contributed by atoms with E-state index in [1.54, 1.807) is 12.1 Å². The quantitative estimate of drug-likeness (QED) is 0.207. The molecule has 0 aliphatic carbocycles. The van der Waals surface area contributed by atoms with Gasteiger partial charge in [-0.1, -0.05) is 33.3 Å². The fraction of sp³-hybridized carbons (Fsp3) is 0.458. The summed E-state index contributed by atoms with van der Waals surface area (Å²) in [6.45, 7) is 9.18. The van der Waals surface area contributed by atoms with Crippen LogP contribution in [0.5, 0.6) is 5.75 Å². The Morgan fingerprint density at radius 2 is 1.73 bits per heavy atom. The Hall–Kier alpha value is -3.51. The van der Waals surface area contributed by atoms with Crippen molar-refractivity contribution in [2.75, 3.05) is 44.9 Å². The third kappa shape index (κ3) is 14.2. The van der Waals surface area contributed by atoms with Crippen molar-refractivity contribution >= 4 is 23.6 Å². The molecule has 0 saturated carbocycles. The van der Waals surface area contributed by atoms with E-state index < -0.39 is 0 Å². The summed E-state index contributed by atoms with van der Waals surface area (Å²) in [6, 6.07) is 4.77. The number of phenolic OH excluding ortho intramolecular Hbond substituents is 1. The van der Waals surface area contributed by atoms with Crippen LogP contribution >= 0.6 is 0 Å². The van der Waals surface area contributed by atoms with E-state index in [4.69, 9.17) is 9.37 Å². The lowest BCUT2D eigenvalue weighted by Crippen LogP contribution is -2.09. The minimum absolute atomic E-state index is 0.165. The van der Waals surface area contributed by atoms with E-state index in [9.17, 15) is 9.90 Å². The fourth-order valence-electron chi connectivity index (χ4n) is 2.04. The van der Waals surface area contributed by atoms with Gasteiger partial charge in [-0.3, -0.25) is 4.79 Å². The van der Waals surface area contributed by atoms with Gasteiger partial charge in [0.25, 0.3) is 0 Å². The van der Waals surface area contributed by atoms with Gasteiger partial charge in [-0.25, -0.2) is 4.63 Å². The zero-order chi connectivity index (χ0) is 25.6. The largest absolute Gasteiger partial charge is 0.505 e. The van der Waals surface area contributed by atoms with Gasteiger partial charge in [0.15, 0.2) is 6.29 Å². The van der Waals surface area contributed by atoms with Gasteiger partial charge < -0.3 is 25.4 Å². The first-order valence-corrected chi connectivity index (χ1v) is 10.7. The molecule has 184 valence electrons. The molecule has 3 N–H and O–H groups in total. The van der Waals surface area contributed by atoms with E-state index >= 15 is 0 Å². The zero-order valence-corrected chi connectivity index (χ0v) is 20.9. The molecule has 1 heterocycles. The number of rotatable bonds is 9. The SMILES string of the molecule is C#C.CC/C=C(/CNc1nonc1Nc1cccc(C=O)c1O)OCC.CCC.CN(C)C. The number of carbonyl (C=O) groups is 1. The number of carbonyl (C=O) groups excluding carboxylic acids is 1. The van der Waals surface area contributed by atoms with Gasteiger partial charge in [0.1, 0.15) is 11.5 Å². The average Bonchev–Trinajstić information content (AvgIpc) is 3.22. The predicted octanol–water partition coefficient (Wildman–Crippen LogP) is 4.92. The molecule has 2 rings (SSSR count). The Morgan fingerprint density at radius 3 is 2.24 bits per heavy atom. The molecule has 0 aliphatic heterocycles. The molecule has 2 aromatic rings. The van der Waals surface area contributed by atoms with Crippen LogP contribution in [-0.2, 0) is 4.74 Å². The van der Waals surface area contributed by atoms with Crippen LogP contribution in [0.4, 0.5) is 17.3 Å². The first-order chi connectivity index (χ1) is 15.8. The van der Waals surface area contributed by atoms with E-state index in [-0.39, 0.29) is 11.3 Å². The highest BCUT2D eigenvalue weighted by atomic mass is 16.6. The second-order valence-electron chi connectivity index (χ2n) is 6.86. The lowest BCUT2D eigenvalue weighted by Gasteiger charge is -2.11. The minimum atomic E-state index is -0.165. The van der Waals surface area contributed by atoms with Crippen LogP contribution in [0, 0.1) is 12.8 Å². The molecule has 0 saturated heterocycles. The number of terminal acetylenes is 1. The molecule has 0 unspecified atom stereocenters. The Kier molecular flexibility index (Phi) is 19.6. The highest BCUT2D eigenvalue weighted by molar-refractivity contribution is 5.85. The van der Waals surface area contributed by atoms with Crippen molar-refractivity contribution in [2.45, 2.75) is 40.5 Å². The standard InChI is InChI=1S/C16H20N4O4.C3H9N.C3H8.C2H2/c1-3-6-12(23-4-2)9-17-15-16(20-24-19-15)18-13-8-5-7-11(10-21)14(13)22;1-4(2)3;1-3-2;1-2/h5-8,10,22H,3-4,9H2,1-2H3,(H,17,19)(H,18,20);1-3H3;3H2,1-2H3;1-2H/b12-6-;;;. The number of anilines is 3. The molecule has 0 radical (unpaired) electrons. The van der Waals surface area contributed by atoms with Gasteiger partial charge in [-0.2, -0.15) is 0 Å². The summed E-state index contributed by atoms with van der Waals surface area (Å²) in [5, 5.41) is 23.5. The van der Waals surface area contributed by atoms with Crippen LogP contribution in [0.2, 0.25) is 0 Å². The smallest absolute Gasteiger partial charge is 0.219 e. The molecule has 9 nitrogen and oxygen atoms in total. The van der Waals surface area contributed by atoms with Gasteiger partial charge in [-0.15, -0.1) is 12.8 Å². The molecule has 0 spiro atoms. The van der Waals surface area contributed by atoms with E-state index in [1.807, 2.05) is 46.0 Å². The number of aldehydes is 1.